The molecule has 31 heavy (non-hydrogen) atoms. The molecule has 2 rings (SSSR count). The number of alkyl carbamates (subject to hydrolysis) is 1. The number of carbonyl (C=O) groups is 3. The highest BCUT2D eigenvalue weighted by atomic mass is 32.1. The summed E-state index contributed by atoms with van der Waals surface area (Å²) in [5.74, 6) is -0.514. The van der Waals surface area contributed by atoms with E-state index in [1.165, 1.54) is 0 Å². The largest absolute Gasteiger partial charge is 0.444 e. The van der Waals surface area contributed by atoms with E-state index in [2.05, 4.69) is 23.3 Å². The van der Waals surface area contributed by atoms with Gasteiger partial charge in [0.2, 0.25) is 11.8 Å². The van der Waals surface area contributed by atoms with E-state index in [4.69, 9.17) is 4.74 Å². The summed E-state index contributed by atoms with van der Waals surface area (Å²) < 4.78 is 5.30. The molecule has 2 atom stereocenters. The van der Waals surface area contributed by atoms with Gasteiger partial charge in [0.1, 0.15) is 17.7 Å². The van der Waals surface area contributed by atoms with Gasteiger partial charge in [-0.25, -0.2) is 4.79 Å². The van der Waals surface area contributed by atoms with Crippen molar-refractivity contribution in [1.82, 2.24) is 15.5 Å². The predicted molar refractivity (Wildman–Crippen MR) is 124 cm³/mol. The van der Waals surface area contributed by atoms with Crippen LogP contribution in [0.1, 0.15) is 66.0 Å². The van der Waals surface area contributed by atoms with Crippen molar-refractivity contribution in [2.75, 3.05) is 5.75 Å². The van der Waals surface area contributed by atoms with Crippen LogP contribution in [0.2, 0.25) is 0 Å². The molecule has 7 nitrogen and oxygen atoms in total. The summed E-state index contributed by atoms with van der Waals surface area (Å²) in [6.07, 6.45) is 0.929. The van der Waals surface area contributed by atoms with Gasteiger partial charge in [-0.05, 0) is 59.9 Å². The second kappa shape index (κ2) is 9.94. The average Bonchev–Trinajstić information content (AvgIpc) is 3.46. The van der Waals surface area contributed by atoms with E-state index in [1.54, 1.807) is 25.7 Å². The van der Waals surface area contributed by atoms with Crippen molar-refractivity contribution in [3.05, 3.63) is 35.9 Å². The molecule has 1 aliphatic carbocycles. The van der Waals surface area contributed by atoms with E-state index in [0.29, 0.717) is 0 Å². The molecule has 0 aromatic heterocycles. The van der Waals surface area contributed by atoms with E-state index in [9.17, 15) is 14.4 Å². The Hall–Kier alpha value is -2.22. The van der Waals surface area contributed by atoms with E-state index in [-0.39, 0.29) is 23.6 Å². The van der Waals surface area contributed by atoms with Crippen molar-refractivity contribution < 1.29 is 19.1 Å². The standard InChI is InChI=1S/C23H35N3O4S/c1-22(2,3)25-19(27)18(15-10-8-7-9-11-15)26(16-12-13-16)20(28)17(14-31)24-21(29)30-23(4,5)6/h7-11,16-18,31H,12-14H2,1-6H3,(H,24,29)(H,25,27). The van der Waals surface area contributed by atoms with Crippen molar-refractivity contribution in [3.8, 4) is 0 Å². The van der Waals surface area contributed by atoms with Crippen LogP contribution in [0, 0.1) is 0 Å². The van der Waals surface area contributed by atoms with Gasteiger partial charge < -0.3 is 20.3 Å². The minimum Gasteiger partial charge on any atom is -0.444 e. The van der Waals surface area contributed by atoms with Crippen molar-refractivity contribution in [2.45, 2.75) is 83.6 Å². The molecule has 1 aromatic carbocycles. The Morgan fingerprint density at radius 2 is 1.68 bits per heavy atom. The Morgan fingerprint density at radius 3 is 2.13 bits per heavy atom. The van der Waals surface area contributed by atoms with E-state index in [1.807, 2.05) is 51.1 Å². The summed E-state index contributed by atoms with van der Waals surface area (Å²) in [7, 11) is 0. The third-order valence-electron chi connectivity index (χ3n) is 4.51. The van der Waals surface area contributed by atoms with Crippen LogP contribution in [0.15, 0.2) is 30.3 Å². The first-order valence-electron chi connectivity index (χ1n) is 10.6. The second-order valence-electron chi connectivity index (χ2n) is 9.91. The van der Waals surface area contributed by atoms with Crippen molar-refractivity contribution >= 4 is 30.5 Å². The lowest BCUT2D eigenvalue weighted by atomic mass is 10.0. The zero-order valence-electron chi connectivity index (χ0n) is 19.3. The van der Waals surface area contributed by atoms with Gasteiger partial charge in [0.15, 0.2) is 0 Å². The number of hydrogen-bond acceptors (Lipinski definition) is 5. The van der Waals surface area contributed by atoms with Gasteiger partial charge in [-0.3, -0.25) is 9.59 Å². The number of rotatable bonds is 7. The van der Waals surface area contributed by atoms with Crippen LogP contribution in [0.4, 0.5) is 4.79 Å². The highest BCUT2D eigenvalue weighted by Crippen LogP contribution is 2.35. The van der Waals surface area contributed by atoms with Gasteiger partial charge in [-0.15, -0.1) is 0 Å². The topological polar surface area (TPSA) is 87.7 Å². The molecule has 3 amide bonds. The molecule has 0 radical (unpaired) electrons. The molecule has 2 N–H and O–H groups in total. The van der Waals surface area contributed by atoms with Gasteiger partial charge in [0.05, 0.1) is 0 Å². The van der Waals surface area contributed by atoms with E-state index < -0.39 is 29.3 Å². The number of hydrogen-bond donors (Lipinski definition) is 3. The van der Waals surface area contributed by atoms with Gasteiger partial charge in [-0.1, -0.05) is 30.3 Å². The molecule has 1 aromatic rings. The van der Waals surface area contributed by atoms with Crippen LogP contribution in [0.5, 0.6) is 0 Å². The Balaban J connectivity index is 2.35. The molecule has 8 heteroatoms. The summed E-state index contributed by atoms with van der Waals surface area (Å²) in [4.78, 5) is 40.8. The van der Waals surface area contributed by atoms with E-state index >= 15 is 0 Å². The first-order chi connectivity index (χ1) is 14.3. The van der Waals surface area contributed by atoms with Gasteiger partial charge in [-0.2, -0.15) is 12.6 Å². The fraction of sp³-hybridized carbons (Fsp3) is 0.609. The summed E-state index contributed by atoms with van der Waals surface area (Å²) in [5.41, 5.74) is -0.427. The fourth-order valence-electron chi connectivity index (χ4n) is 3.20. The lowest BCUT2D eigenvalue weighted by Crippen LogP contribution is -2.55. The third-order valence-corrected chi connectivity index (χ3v) is 4.87. The lowest BCUT2D eigenvalue weighted by Gasteiger charge is -2.36. The monoisotopic (exact) mass is 449 g/mol. The maximum absolute atomic E-state index is 13.6. The summed E-state index contributed by atoms with van der Waals surface area (Å²) in [6, 6.07) is 7.46. The molecule has 0 heterocycles. The number of nitrogens with one attached hydrogen (secondary N) is 2. The highest BCUT2D eigenvalue weighted by molar-refractivity contribution is 7.80. The van der Waals surface area contributed by atoms with E-state index in [0.717, 1.165) is 18.4 Å². The summed E-state index contributed by atoms with van der Waals surface area (Å²) >= 11 is 4.28. The van der Waals surface area contributed by atoms with Crippen LogP contribution < -0.4 is 10.6 Å². The van der Waals surface area contributed by atoms with Crippen molar-refractivity contribution in [2.24, 2.45) is 0 Å². The number of nitrogens with zero attached hydrogens (tertiary/aromatic N) is 1. The fourth-order valence-corrected chi connectivity index (χ4v) is 3.45. The van der Waals surface area contributed by atoms with Gasteiger partial charge >= 0.3 is 6.09 Å². The SMILES string of the molecule is CC(C)(C)NC(=O)C(c1ccccc1)N(C(=O)C(CS)NC(=O)OC(C)(C)C)C1CC1. The lowest BCUT2D eigenvalue weighted by molar-refractivity contribution is -0.143. The summed E-state index contributed by atoms with van der Waals surface area (Å²) in [6.45, 7) is 11.0. The van der Waals surface area contributed by atoms with Crippen LogP contribution in [0.25, 0.3) is 0 Å². The zero-order valence-corrected chi connectivity index (χ0v) is 20.2. The average molecular weight is 450 g/mol. The highest BCUT2D eigenvalue weighted by Gasteiger charge is 2.44. The van der Waals surface area contributed by atoms with Crippen LogP contribution in [-0.2, 0) is 14.3 Å². The Bertz CT molecular complexity index is 782. The predicted octanol–water partition coefficient (Wildman–Crippen LogP) is 3.46. The van der Waals surface area contributed by atoms with Gasteiger partial charge in [0.25, 0.3) is 0 Å². The Kier molecular flexibility index (Phi) is 8.03. The molecular formula is C23H35N3O4S. The van der Waals surface area contributed by atoms with Crippen LogP contribution in [-0.4, -0.2) is 51.8 Å². The smallest absolute Gasteiger partial charge is 0.408 e. The molecule has 0 spiro atoms. The molecule has 1 aliphatic rings. The molecule has 172 valence electrons. The number of carbonyl (C=O) groups excluding carboxylic acids is 3. The third kappa shape index (κ3) is 7.76. The minimum absolute atomic E-state index is 0.0637. The number of amides is 3. The molecule has 0 bridgehead atoms. The molecular weight excluding hydrogens is 414 g/mol. The maximum atomic E-state index is 13.6. The molecule has 1 fully saturated rings. The quantitative estimate of drug-likeness (QED) is 0.557. The second-order valence-corrected chi connectivity index (χ2v) is 10.3. The number of benzene rings is 1. The number of ether oxygens (including phenoxy) is 1. The first-order valence-corrected chi connectivity index (χ1v) is 11.2. The van der Waals surface area contributed by atoms with Crippen molar-refractivity contribution in [3.63, 3.8) is 0 Å². The molecule has 1 saturated carbocycles. The number of thiol groups is 1. The molecule has 0 aliphatic heterocycles. The van der Waals surface area contributed by atoms with Crippen molar-refractivity contribution in [1.29, 1.82) is 0 Å². The summed E-state index contributed by atoms with van der Waals surface area (Å²) in [5, 5.41) is 5.62. The van der Waals surface area contributed by atoms with Crippen LogP contribution in [0.3, 0.4) is 0 Å². The Morgan fingerprint density at radius 1 is 1.10 bits per heavy atom. The van der Waals surface area contributed by atoms with Crippen LogP contribution >= 0.6 is 12.6 Å². The zero-order chi connectivity index (χ0) is 23.4. The maximum Gasteiger partial charge on any atom is 0.408 e. The Labute approximate surface area is 190 Å². The van der Waals surface area contributed by atoms with Gasteiger partial charge in [0, 0.05) is 17.3 Å². The minimum atomic E-state index is -0.910. The normalized spacial score (nSPS) is 16.1. The first kappa shape index (κ1) is 25.0. The molecule has 2 unspecified atom stereocenters. The molecule has 0 saturated heterocycles.